The molecule has 33 heavy (non-hydrogen) atoms. The molecule has 3 aromatic rings. The average molecular weight is 458 g/mol. The Morgan fingerprint density at radius 2 is 2.06 bits per heavy atom. The molecule has 0 saturated heterocycles. The quantitative estimate of drug-likeness (QED) is 0.516. The molecule has 0 radical (unpaired) electrons. The summed E-state index contributed by atoms with van der Waals surface area (Å²) in [6, 6.07) is 5.11. The number of fused-ring (bicyclic) bond motifs is 1. The number of nitrogens with two attached hydrogens (primary N) is 1. The van der Waals surface area contributed by atoms with Gasteiger partial charge in [-0.05, 0) is 30.8 Å². The highest BCUT2D eigenvalue weighted by molar-refractivity contribution is 6.04. The Kier molecular flexibility index (Phi) is 5.98. The predicted octanol–water partition coefficient (Wildman–Crippen LogP) is 3.84. The second-order valence-electron chi connectivity index (χ2n) is 7.84. The Balaban J connectivity index is 1.48. The minimum Gasteiger partial charge on any atom is -0.383 e. The Morgan fingerprint density at radius 3 is 2.79 bits per heavy atom. The van der Waals surface area contributed by atoms with Crippen molar-refractivity contribution in [1.82, 2.24) is 20.4 Å². The molecule has 1 aliphatic rings. The number of rotatable bonds is 7. The lowest BCUT2D eigenvalue weighted by Crippen LogP contribution is -2.17. The molecule has 172 valence electrons. The smallest absolute Gasteiger partial charge is 0.383 e. The van der Waals surface area contributed by atoms with Gasteiger partial charge in [-0.3, -0.25) is 4.79 Å². The van der Waals surface area contributed by atoms with Crippen molar-refractivity contribution in [2.45, 2.75) is 38.4 Å². The number of carbonyl (C=O) groups excluding carboxylic acids is 1. The molecule has 4 rings (SSSR count). The number of aromatic nitrogens is 3. The number of hydrogen-bond donors (Lipinski definition) is 2. The predicted molar refractivity (Wildman–Crippen MR) is 114 cm³/mol. The van der Waals surface area contributed by atoms with Gasteiger partial charge >= 0.3 is 6.18 Å². The van der Waals surface area contributed by atoms with Crippen LogP contribution in [0.25, 0.3) is 0 Å². The maximum Gasteiger partial charge on any atom is 0.416 e. The van der Waals surface area contributed by atoms with Crippen LogP contribution in [-0.2, 0) is 19.1 Å². The van der Waals surface area contributed by atoms with Crippen LogP contribution in [0, 0.1) is 0 Å². The molecule has 0 fully saturated rings. The van der Waals surface area contributed by atoms with E-state index < -0.39 is 11.7 Å². The largest absolute Gasteiger partial charge is 0.416 e. The molecule has 3 N–H and O–H groups in total. The van der Waals surface area contributed by atoms with Gasteiger partial charge < -0.3 is 15.6 Å². The van der Waals surface area contributed by atoms with Crippen molar-refractivity contribution < 1.29 is 22.5 Å². The van der Waals surface area contributed by atoms with Crippen molar-refractivity contribution in [3.05, 3.63) is 64.4 Å². The van der Waals surface area contributed by atoms with Gasteiger partial charge in [0.1, 0.15) is 17.8 Å². The number of halogens is 3. The molecule has 0 bridgehead atoms. The van der Waals surface area contributed by atoms with Gasteiger partial charge in [0, 0.05) is 36.9 Å². The normalized spacial score (nSPS) is 14.2. The molecule has 0 saturated carbocycles. The molecule has 8 nitrogen and oxygen atoms in total. The van der Waals surface area contributed by atoms with Crippen LogP contribution in [0.5, 0.6) is 0 Å². The Hall–Kier alpha value is -3.60. The summed E-state index contributed by atoms with van der Waals surface area (Å²) in [5.74, 6) is 0.0919. The van der Waals surface area contributed by atoms with E-state index in [1.54, 1.807) is 13.1 Å². The Bertz CT molecular complexity index is 1240. The van der Waals surface area contributed by atoms with Gasteiger partial charge in [0.15, 0.2) is 11.5 Å². The Labute approximate surface area is 187 Å². The van der Waals surface area contributed by atoms with Gasteiger partial charge in [-0.15, -0.1) is 0 Å². The number of Topliss-reactive ketones (excluding diaryl/α,β-unsaturated/α-hetero) is 1. The van der Waals surface area contributed by atoms with Crippen molar-refractivity contribution in [2.24, 2.45) is 4.99 Å². The van der Waals surface area contributed by atoms with E-state index in [0.717, 1.165) is 12.1 Å². The number of anilines is 1. The van der Waals surface area contributed by atoms with Crippen LogP contribution in [0.3, 0.4) is 0 Å². The summed E-state index contributed by atoms with van der Waals surface area (Å²) in [5, 5.41) is 6.99. The summed E-state index contributed by atoms with van der Waals surface area (Å²) >= 11 is 0. The van der Waals surface area contributed by atoms with E-state index in [-0.39, 0.29) is 36.1 Å². The number of hydrogen-bond acceptors (Lipinski definition) is 8. The third-order valence-electron chi connectivity index (χ3n) is 5.43. The Morgan fingerprint density at radius 1 is 1.27 bits per heavy atom. The standard InChI is InChI=1S/C22H21F3N6O2/c1-11(5-18(32)20-14(9-27-2)21(26)29-10-28-20)16-8-19(33-31-16)17-7-12-6-13(22(23,24)25)3-4-15(12)30-17/h3-4,6,8,10-11,27H,5,7,9H2,1-2H3,(H2,26,28,29)/t11-/m1/s1. The number of nitrogen functional groups attached to an aromatic ring is 1. The molecule has 1 aromatic carbocycles. The monoisotopic (exact) mass is 458 g/mol. The lowest BCUT2D eigenvalue weighted by Gasteiger charge is -2.11. The summed E-state index contributed by atoms with van der Waals surface area (Å²) < 4.78 is 44.3. The second kappa shape index (κ2) is 8.74. The molecule has 0 amide bonds. The fourth-order valence-corrected chi connectivity index (χ4v) is 3.67. The summed E-state index contributed by atoms with van der Waals surface area (Å²) in [6.07, 6.45) is -2.85. The molecule has 0 spiro atoms. The van der Waals surface area contributed by atoms with Crippen LogP contribution < -0.4 is 11.1 Å². The molecule has 1 aliphatic heterocycles. The lowest BCUT2D eigenvalue weighted by molar-refractivity contribution is -0.137. The second-order valence-corrected chi connectivity index (χ2v) is 7.84. The zero-order chi connectivity index (χ0) is 23.8. The number of nitrogens with zero attached hydrogens (tertiary/aromatic N) is 4. The molecule has 11 heteroatoms. The molecule has 2 aromatic heterocycles. The minimum atomic E-state index is -4.42. The van der Waals surface area contributed by atoms with Crippen LogP contribution in [0.15, 0.2) is 40.1 Å². The first-order chi connectivity index (χ1) is 15.7. The molecule has 3 heterocycles. The van der Waals surface area contributed by atoms with E-state index in [1.807, 2.05) is 6.92 Å². The maximum atomic E-state index is 13.0. The summed E-state index contributed by atoms with van der Waals surface area (Å²) in [5.41, 5.74) is 7.92. The van der Waals surface area contributed by atoms with Crippen molar-refractivity contribution in [3.63, 3.8) is 0 Å². The SMILES string of the molecule is CNCc1c(N)ncnc1C(=O)C[C@@H](C)c1cc(C2=Nc3ccc(C(F)(F)F)cc3C2)on1. The van der Waals surface area contributed by atoms with Gasteiger partial charge in [0.05, 0.1) is 22.7 Å². The van der Waals surface area contributed by atoms with E-state index in [9.17, 15) is 18.0 Å². The maximum absolute atomic E-state index is 13.0. The zero-order valence-corrected chi connectivity index (χ0v) is 17.9. The topological polar surface area (TPSA) is 119 Å². The highest BCUT2D eigenvalue weighted by atomic mass is 19.4. The third-order valence-corrected chi connectivity index (χ3v) is 5.43. The first-order valence-electron chi connectivity index (χ1n) is 10.2. The van der Waals surface area contributed by atoms with E-state index >= 15 is 0 Å². The van der Waals surface area contributed by atoms with Gasteiger partial charge in [-0.1, -0.05) is 12.1 Å². The van der Waals surface area contributed by atoms with E-state index in [4.69, 9.17) is 10.3 Å². The number of benzene rings is 1. The van der Waals surface area contributed by atoms with Gasteiger partial charge in [0.2, 0.25) is 0 Å². The van der Waals surface area contributed by atoms with Gasteiger partial charge in [0.25, 0.3) is 0 Å². The molecule has 0 unspecified atom stereocenters. The van der Waals surface area contributed by atoms with Crippen molar-refractivity contribution in [1.29, 1.82) is 0 Å². The number of nitrogens with one attached hydrogen (secondary N) is 1. The molecular formula is C22H21F3N6O2. The van der Waals surface area contributed by atoms with E-state index in [0.29, 0.717) is 40.5 Å². The van der Waals surface area contributed by atoms with Gasteiger partial charge in [-0.2, -0.15) is 13.2 Å². The van der Waals surface area contributed by atoms with Crippen LogP contribution >= 0.6 is 0 Å². The molecular weight excluding hydrogens is 437 g/mol. The van der Waals surface area contributed by atoms with Crippen LogP contribution in [0.1, 0.15) is 57.9 Å². The average Bonchev–Trinajstić information content (AvgIpc) is 3.41. The number of aliphatic imine (C=N–C) groups is 1. The minimum absolute atomic E-state index is 0.112. The fraction of sp³-hybridized carbons (Fsp3) is 0.318. The van der Waals surface area contributed by atoms with Gasteiger partial charge in [-0.25, -0.2) is 15.0 Å². The van der Waals surface area contributed by atoms with Crippen molar-refractivity contribution in [3.8, 4) is 0 Å². The summed E-state index contributed by atoms with van der Waals surface area (Å²) in [4.78, 5) is 25.3. The number of ketones is 1. The zero-order valence-electron chi connectivity index (χ0n) is 17.9. The van der Waals surface area contributed by atoms with Crippen molar-refractivity contribution in [2.75, 3.05) is 12.8 Å². The summed E-state index contributed by atoms with van der Waals surface area (Å²) in [7, 11) is 1.73. The highest BCUT2D eigenvalue weighted by Crippen LogP contribution is 2.36. The van der Waals surface area contributed by atoms with E-state index in [1.165, 1.54) is 12.4 Å². The number of alkyl halides is 3. The lowest BCUT2D eigenvalue weighted by atomic mass is 9.97. The van der Waals surface area contributed by atoms with E-state index in [2.05, 4.69) is 25.4 Å². The summed E-state index contributed by atoms with van der Waals surface area (Å²) in [6.45, 7) is 2.18. The molecule has 1 atom stereocenters. The number of carbonyl (C=O) groups is 1. The van der Waals surface area contributed by atoms with Crippen LogP contribution in [0.2, 0.25) is 0 Å². The first-order valence-corrected chi connectivity index (χ1v) is 10.2. The fourth-order valence-electron chi connectivity index (χ4n) is 3.67. The van der Waals surface area contributed by atoms with Crippen molar-refractivity contribution >= 4 is 23.0 Å². The van der Waals surface area contributed by atoms with Crippen LogP contribution in [0.4, 0.5) is 24.7 Å². The first kappa shape index (κ1) is 22.6. The van der Waals surface area contributed by atoms with Crippen LogP contribution in [-0.4, -0.2) is 33.7 Å². The molecule has 0 aliphatic carbocycles. The highest BCUT2D eigenvalue weighted by Gasteiger charge is 2.32. The third kappa shape index (κ3) is 4.63.